The Bertz CT molecular complexity index is 331. The quantitative estimate of drug-likeness (QED) is 0.758. The molecular weight excluding hydrogens is 192 g/mol. The van der Waals surface area contributed by atoms with Crippen molar-refractivity contribution in [3.05, 3.63) is 18.1 Å². The van der Waals surface area contributed by atoms with Gasteiger partial charge in [0.15, 0.2) is 0 Å². The molecule has 0 amide bonds. The summed E-state index contributed by atoms with van der Waals surface area (Å²) in [5.41, 5.74) is 6.72. The molecule has 2 heterocycles. The molecule has 1 fully saturated rings. The summed E-state index contributed by atoms with van der Waals surface area (Å²) in [6.07, 6.45) is 4.38. The molecule has 0 unspecified atom stereocenters. The Morgan fingerprint density at radius 2 is 2.33 bits per heavy atom. The molecule has 1 aliphatic heterocycles. The maximum Gasteiger partial charge on any atom is 0.236 e. The number of ether oxygens (including phenoxy) is 1. The number of hydrogen-bond donors (Lipinski definition) is 1. The minimum Gasteiger partial charge on any atom is -0.480 e. The fourth-order valence-electron chi connectivity index (χ4n) is 1.85. The van der Waals surface area contributed by atoms with Gasteiger partial charge in [-0.25, -0.2) is 4.98 Å². The third kappa shape index (κ3) is 2.43. The lowest BCUT2D eigenvalue weighted by atomic mass is 10.3. The average Bonchev–Trinajstić information content (AvgIpc) is 2.65. The predicted molar refractivity (Wildman–Crippen MR) is 56.5 cm³/mol. The van der Waals surface area contributed by atoms with Crippen LogP contribution in [-0.4, -0.2) is 41.1 Å². The normalized spacial score (nSPS) is 21.9. The van der Waals surface area contributed by atoms with Crippen LogP contribution >= 0.6 is 0 Å². The zero-order chi connectivity index (χ0) is 10.7. The van der Waals surface area contributed by atoms with Gasteiger partial charge in [0.25, 0.3) is 0 Å². The first-order chi connectivity index (χ1) is 7.29. The first-order valence-corrected chi connectivity index (χ1v) is 5.11. The van der Waals surface area contributed by atoms with Crippen molar-refractivity contribution in [1.29, 1.82) is 0 Å². The molecular formula is C10H16N4O. The summed E-state index contributed by atoms with van der Waals surface area (Å²) >= 11 is 0. The second-order valence-electron chi connectivity index (χ2n) is 3.80. The number of nitrogens with two attached hydrogens (primary N) is 1. The van der Waals surface area contributed by atoms with Crippen LogP contribution in [0.4, 0.5) is 0 Å². The standard InChI is InChI=1S/C10H16N4O/c1-15-10-9(12-3-4-13-10)7-14-5-2-8(11)6-14/h3-4,8H,2,5-7,11H2,1H3/t8-/m0/s1. The van der Waals surface area contributed by atoms with E-state index in [-0.39, 0.29) is 0 Å². The number of rotatable bonds is 3. The molecule has 1 saturated heterocycles. The maximum atomic E-state index is 5.84. The van der Waals surface area contributed by atoms with Gasteiger partial charge in [0.2, 0.25) is 5.88 Å². The van der Waals surface area contributed by atoms with Crippen molar-refractivity contribution in [2.24, 2.45) is 5.73 Å². The van der Waals surface area contributed by atoms with Gasteiger partial charge in [-0.3, -0.25) is 9.88 Å². The highest BCUT2D eigenvalue weighted by Gasteiger charge is 2.20. The summed E-state index contributed by atoms with van der Waals surface area (Å²) < 4.78 is 5.15. The lowest BCUT2D eigenvalue weighted by molar-refractivity contribution is 0.308. The molecule has 1 atom stereocenters. The van der Waals surface area contributed by atoms with Crippen LogP contribution in [0.1, 0.15) is 12.1 Å². The van der Waals surface area contributed by atoms with Gasteiger partial charge in [0.1, 0.15) is 5.69 Å². The van der Waals surface area contributed by atoms with Crippen molar-refractivity contribution in [1.82, 2.24) is 14.9 Å². The Hall–Kier alpha value is -1.20. The Labute approximate surface area is 89.3 Å². The number of nitrogens with zero attached hydrogens (tertiary/aromatic N) is 3. The van der Waals surface area contributed by atoms with Gasteiger partial charge < -0.3 is 10.5 Å². The van der Waals surface area contributed by atoms with Crippen LogP contribution in [0.15, 0.2) is 12.4 Å². The first-order valence-electron chi connectivity index (χ1n) is 5.11. The summed E-state index contributed by atoms with van der Waals surface area (Å²) in [6, 6.07) is 0.299. The Morgan fingerprint density at radius 1 is 1.53 bits per heavy atom. The van der Waals surface area contributed by atoms with Gasteiger partial charge in [-0.15, -0.1) is 0 Å². The molecule has 0 bridgehead atoms. The van der Waals surface area contributed by atoms with E-state index in [0.717, 1.165) is 31.7 Å². The number of hydrogen-bond acceptors (Lipinski definition) is 5. The molecule has 1 aromatic rings. The SMILES string of the molecule is COc1nccnc1CN1CC[C@H](N)C1. The van der Waals surface area contributed by atoms with E-state index in [2.05, 4.69) is 14.9 Å². The molecule has 0 saturated carbocycles. The van der Waals surface area contributed by atoms with Crippen LogP contribution < -0.4 is 10.5 Å². The Balaban J connectivity index is 2.04. The Kier molecular flexibility index (Phi) is 3.13. The van der Waals surface area contributed by atoms with Crippen molar-refractivity contribution < 1.29 is 4.74 Å². The van der Waals surface area contributed by atoms with Gasteiger partial charge in [-0.2, -0.15) is 0 Å². The summed E-state index contributed by atoms with van der Waals surface area (Å²) in [6.45, 7) is 2.73. The monoisotopic (exact) mass is 208 g/mol. The van der Waals surface area contributed by atoms with Gasteiger partial charge in [0, 0.05) is 38.1 Å². The van der Waals surface area contributed by atoms with Gasteiger partial charge in [-0.05, 0) is 6.42 Å². The van der Waals surface area contributed by atoms with E-state index in [4.69, 9.17) is 10.5 Å². The molecule has 5 nitrogen and oxygen atoms in total. The summed E-state index contributed by atoms with van der Waals surface area (Å²) in [4.78, 5) is 10.7. The van der Waals surface area contributed by atoms with Crippen LogP contribution in [0.5, 0.6) is 5.88 Å². The second kappa shape index (κ2) is 4.55. The number of likely N-dealkylation sites (tertiary alicyclic amines) is 1. The van der Waals surface area contributed by atoms with Crippen LogP contribution in [0, 0.1) is 0 Å². The van der Waals surface area contributed by atoms with Crippen LogP contribution in [0.3, 0.4) is 0 Å². The van der Waals surface area contributed by atoms with E-state index in [1.54, 1.807) is 19.5 Å². The summed E-state index contributed by atoms with van der Waals surface area (Å²) in [5.74, 6) is 0.609. The van der Waals surface area contributed by atoms with E-state index in [0.29, 0.717) is 11.9 Å². The lowest BCUT2D eigenvalue weighted by Gasteiger charge is -2.15. The largest absolute Gasteiger partial charge is 0.480 e. The number of aromatic nitrogens is 2. The molecule has 0 aromatic carbocycles. The minimum absolute atomic E-state index is 0.299. The lowest BCUT2D eigenvalue weighted by Crippen LogP contribution is -2.26. The van der Waals surface area contributed by atoms with Crippen molar-refractivity contribution in [3.63, 3.8) is 0 Å². The fourth-order valence-corrected chi connectivity index (χ4v) is 1.85. The molecule has 2 N–H and O–H groups in total. The van der Waals surface area contributed by atoms with Gasteiger partial charge in [-0.1, -0.05) is 0 Å². The predicted octanol–water partition coefficient (Wildman–Crippen LogP) is 0.0182. The smallest absolute Gasteiger partial charge is 0.236 e. The fraction of sp³-hybridized carbons (Fsp3) is 0.600. The molecule has 2 rings (SSSR count). The van der Waals surface area contributed by atoms with Crippen LogP contribution in [0.2, 0.25) is 0 Å². The third-order valence-corrected chi connectivity index (χ3v) is 2.61. The first kappa shape index (κ1) is 10.3. The Morgan fingerprint density at radius 3 is 3.00 bits per heavy atom. The zero-order valence-electron chi connectivity index (χ0n) is 8.89. The average molecular weight is 208 g/mol. The minimum atomic E-state index is 0.299. The van der Waals surface area contributed by atoms with Crippen LogP contribution in [0.25, 0.3) is 0 Å². The van der Waals surface area contributed by atoms with Crippen molar-refractivity contribution >= 4 is 0 Å². The van der Waals surface area contributed by atoms with E-state index in [9.17, 15) is 0 Å². The highest BCUT2D eigenvalue weighted by Crippen LogP contribution is 2.16. The van der Waals surface area contributed by atoms with E-state index in [1.807, 2.05) is 0 Å². The molecule has 0 radical (unpaired) electrons. The zero-order valence-corrected chi connectivity index (χ0v) is 8.89. The van der Waals surface area contributed by atoms with E-state index >= 15 is 0 Å². The molecule has 0 aliphatic carbocycles. The highest BCUT2D eigenvalue weighted by atomic mass is 16.5. The topological polar surface area (TPSA) is 64.3 Å². The highest BCUT2D eigenvalue weighted by molar-refractivity contribution is 5.17. The van der Waals surface area contributed by atoms with Crippen LogP contribution in [-0.2, 0) is 6.54 Å². The van der Waals surface area contributed by atoms with Gasteiger partial charge >= 0.3 is 0 Å². The second-order valence-corrected chi connectivity index (χ2v) is 3.80. The third-order valence-electron chi connectivity index (χ3n) is 2.61. The summed E-state index contributed by atoms with van der Waals surface area (Å²) in [5, 5.41) is 0. The van der Waals surface area contributed by atoms with Crippen molar-refractivity contribution in [3.8, 4) is 5.88 Å². The molecule has 5 heteroatoms. The molecule has 1 aliphatic rings. The maximum absolute atomic E-state index is 5.84. The molecule has 0 spiro atoms. The summed E-state index contributed by atoms with van der Waals surface area (Å²) in [7, 11) is 1.61. The molecule has 1 aromatic heterocycles. The molecule has 15 heavy (non-hydrogen) atoms. The van der Waals surface area contributed by atoms with E-state index in [1.165, 1.54) is 0 Å². The van der Waals surface area contributed by atoms with Gasteiger partial charge in [0.05, 0.1) is 7.11 Å². The van der Waals surface area contributed by atoms with Crippen molar-refractivity contribution in [2.75, 3.05) is 20.2 Å². The van der Waals surface area contributed by atoms with E-state index < -0.39 is 0 Å². The molecule has 82 valence electrons. The number of methoxy groups -OCH3 is 1. The van der Waals surface area contributed by atoms with Crippen molar-refractivity contribution in [2.45, 2.75) is 19.0 Å².